The van der Waals surface area contributed by atoms with Crippen molar-refractivity contribution in [2.24, 2.45) is 11.8 Å². The van der Waals surface area contributed by atoms with Gasteiger partial charge in [-0.15, -0.1) is 0 Å². The molecular weight excluding hydrogens is 264 g/mol. The Morgan fingerprint density at radius 1 is 1.33 bits per heavy atom. The second kappa shape index (κ2) is 7.91. The fourth-order valence-electron chi connectivity index (χ4n) is 2.75. The minimum absolute atomic E-state index is 0.0672. The Kier molecular flexibility index (Phi) is 5.90. The molecule has 21 heavy (non-hydrogen) atoms. The van der Waals surface area contributed by atoms with Crippen LogP contribution in [0, 0.1) is 11.8 Å². The Hall–Kier alpha value is -1.71. The maximum absolute atomic E-state index is 11.8. The summed E-state index contributed by atoms with van der Waals surface area (Å²) >= 11 is 0. The molecule has 1 aromatic rings. The van der Waals surface area contributed by atoms with Crippen molar-refractivity contribution in [1.82, 2.24) is 5.32 Å². The largest absolute Gasteiger partial charge is 0.493 e. The highest BCUT2D eigenvalue weighted by molar-refractivity contribution is 5.75. The third kappa shape index (κ3) is 5.66. The summed E-state index contributed by atoms with van der Waals surface area (Å²) in [6, 6.07) is 7.26. The van der Waals surface area contributed by atoms with Crippen molar-refractivity contribution in [2.75, 3.05) is 18.9 Å². The smallest absolute Gasteiger partial charge is 0.223 e. The normalized spacial score (nSPS) is 21.8. The van der Waals surface area contributed by atoms with Crippen LogP contribution in [0.4, 0.5) is 5.69 Å². The molecule has 2 rings (SSSR count). The van der Waals surface area contributed by atoms with Crippen molar-refractivity contribution < 1.29 is 9.53 Å². The summed E-state index contributed by atoms with van der Waals surface area (Å²) in [7, 11) is 0. The molecule has 1 aliphatic carbocycles. The highest BCUT2D eigenvalue weighted by Crippen LogP contribution is 2.27. The van der Waals surface area contributed by atoms with E-state index in [0.29, 0.717) is 30.4 Å². The van der Waals surface area contributed by atoms with Crippen LogP contribution in [0.2, 0.25) is 0 Å². The Labute approximate surface area is 127 Å². The van der Waals surface area contributed by atoms with Gasteiger partial charge in [-0.05, 0) is 36.8 Å². The third-order valence-electron chi connectivity index (χ3n) is 4.18. The zero-order valence-corrected chi connectivity index (χ0v) is 12.8. The highest BCUT2D eigenvalue weighted by atomic mass is 16.5. The van der Waals surface area contributed by atoms with E-state index in [1.807, 2.05) is 18.2 Å². The molecule has 0 radical (unpaired) electrons. The highest BCUT2D eigenvalue weighted by Gasteiger charge is 2.18. The van der Waals surface area contributed by atoms with Gasteiger partial charge in [-0.25, -0.2) is 0 Å². The van der Waals surface area contributed by atoms with Gasteiger partial charge in [-0.2, -0.15) is 0 Å². The van der Waals surface area contributed by atoms with Crippen molar-refractivity contribution in [3.63, 3.8) is 0 Å². The van der Waals surface area contributed by atoms with Crippen LogP contribution in [-0.2, 0) is 4.79 Å². The van der Waals surface area contributed by atoms with Gasteiger partial charge in [0.2, 0.25) is 5.91 Å². The van der Waals surface area contributed by atoms with Gasteiger partial charge in [0.05, 0.1) is 13.0 Å². The van der Waals surface area contributed by atoms with E-state index in [0.717, 1.165) is 12.5 Å². The van der Waals surface area contributed by atoms with E-state index in [1.165, 1.54) is 25.7 Å². The van der Waals surface area contributed by atoms with E-state index in [1.54, 1.807) is 6.07 Å². The Balaban J connectivity index is 1.59. The van der Waals surface area contributed by atoms with Crippen molar-refractivity contribution >= 4 is 11.6 Å². The quantitative estimate of drug-likeness (QED) is 0.792. The molecule has 0 saturated heterocycles. The van der Waals surface area contributed by atoms with Crippen LogP contribution in [0.3, 0.4) is 0 Å². The number of rotatable bonds is 6. The lowest BCUT2D eigenvalue weighted by Gasteiger charge is -2.26. The average Bonchev–Trinajstić information content (AvgIpc) is 2.47. The molecule has 1 amide bonds. The van der Waals surface area contributed by atoms with Gasteiger partial charge in [0.1, 0.15) is 5.75 Å². The maximum atomic E-state index is 11.8. The maximum Gasteiger partial charge on any atom is 0.223 e. The lowest BCUT2D eigenvalue weighted by Crippen LogP contribution is -2.31. The van der Waals surface area contributed by atoms with Gasteiger partial charge in [0.15, 0.2) is 0 Å². The first kappa shape index (κ1) is 15.7. The number of carbonyl (C=O) groups excluding carboxylic acids is 1. The minimum atomic E-state index is 0.0672. The first-order chi connectivity index (χ1) is 10.1. The van der Waals surface area contributed by atoms with E-state index < -0.39 is 0 Å². The molecule has 0 heterocycles. The fourth-order valence-corrected chi connectivity index (χ4v) is 2.75. The second-order valence-electron chi connectivity index (χ2n) is 6.10. The number of anilines is 1. The topological polar surface area (TPSA) is 64.3 Å². The summed E-state index contributed by atoms with van der Waals surface area (Å²) in [6.07, 6.45) is 5.44. The number of nitrogen functional groups attached to an aromatic ring is 1. The molecule has 0 bridgehead atoms. The van der Waals surface area contributed by atoms with Crippen molar-refractivity contribution in [3.8, 4) is 5.75 Å². The minimum Gasteiger partial charge on any atom is -0.493 e. The van der Waals surface area contributed by atoms with Gasteiger partial charge in [0.25, 0.3) is 0 Å². The zero-order valence-electron chi connectivity index (χ0n) is 12.8. The number of nitrogens with two attached hydrogens (primary N) is 1. The van der Waals surface area contributed by atoms with Crippen LogP contribution < -0.4 is 15.8 Å². The summed E-state index contributed by atoms with van der Waals surface area (Å²) < 4.78 is 5.52. The van der Waals surface area contributed by atoms with Gasteiger partial charge in [0, 0.05) is 18.3 Å². The molecule has 4 heteroatoms. The number of benzene rings is 1. The van der Waals surface area contributed by atoms with E-state index >= 15 is 0 Å². The monoisotopic (exact) mass is 290 g/mol. The molecule has 4 nitrogen and oxygen atoms in total. The van der Waals surface area contributed by atoms with E-state index in [-0.39, 0.29) is 5.91 Å². The molecule has 0 atom stereocenters. The standard InChI is InChI=1S/C17H26N2O2/c1-13-5-7-14(8-6-13)12-19-17(20)9-10-21-16-4-2-3-15(18)11-16/h2-4,11,13-14H,5-10,12,18H2,1H3,(H,19,20). The van der Waals surface area contributed by atoms with Crippen LogP contribution in [-0.4, -0.2) is 19.1 Å². The number of hydrogen-bond acceptors (Lipinski definition) is 3. The predicted octanol–water partition coefficient (Wildman–Crippen LogP) is 2.98. The molecule has 1 aromatic carbocycles. The third-order valence-corrected chi connectivity index (χ3v) is 4.18. The summed E-state index contributed by atoms with van der Waals surface area (Å²) in [6.45, 7) is 3.50. The zero-order chi connectivity index (χ0) is 15.1. The SMILES string of the molecule is CC1CCC(CNC(=O)CCOc2cccc(N)c2)CC1. The summed E-state index contributed by atoms with van der Waals surface area (Å²) in [5.41, 5.74) is 6.34. The molecule has 0 spiro atoms. The van der Waals surface area contributed by atoms with Crippen molar-refractivity contribution in [1.29, 1.82) is 0 Å². The van der Waals surface area contributed by atoms with Crippen molar-refractivity contribution in [3.05, 3.63) is 24.3 Å². The van der Waals surface area contributed by atoms with Gasteiger partial charge >= 0.3 is 0 Å². The molecule has 0 unspecified atom stereocenters. The van der Waals surface area contributed by atoms with E-state index in [4.69, 9.17) is 10.5 Å². The van der Waals surface area contributed by atoms with E-state index in [2.05, 4.69) is 12.2 Å². The number of ether oxygens (including phenoxy) is 1. The van der Waals surface area contributed by atoms with Gasteiger partial charge in [-0.1, -0.05) is 25.8 Å². The van der Waals surface area contributed by atoms with Crippen LogP contribution in [0.25, 0.3) is 0 Å². The summed E-state index contributed by atoms with van der Waals surface area (Å²) in [4.78, 5) is 11.8. The predicted molar refractivity (Wildman–Crippen MR) is 85.1 cm³/mol. The van der Waals surface area contributed by atoms with Crippen LogP contribution in [0.1, 0.15) is 39.0 Å². The number of nitrogens with one attached hydrogen (secondary N) is 1. The molecule has 0 aromatic heterocycles. The van der Waals surface area contributed by atoms with Crippen LogP contribution in [0.5, 0.6) is 5.75 Å². The molecule has 1 fully saturated rings. The van der Waals surface area contributed by atoms with E-state index in [9.17, 15) is 4.79 Å². The van der Waals surface area contributed by atoms with Gasteiger partial charge < -0.3 is 15.8 Å². The average molecular weight is 290 g/mol. The van der Waals surface area contributed by atoms with Crippen LogP contribution >= 0.6 is 0 Å². The number of carbonyl (C=O) groups is 1. The Morgan fingerprint density at radius 2 is 2.10 bits per heavy atom. The van der Waals surface area contributed by atoms with Gasteiger partial charge in [-0.3, -0.25) is 4.79 Å². The number of hydrogen-bond donors (Lipinski definition) is 2. The molecule has 1 saturated carbocycles. The molecule has 3 N–H and O–H groups in total. The Morgan fingerprint density at radius 3 is 2.81 bits per heavy atom. The first-order valence-electron chi connectivity index (χ1n) is 7.88. The Bertz CT molecular complexity index is 454. The molecular formula is C17H26N2O2. The lowest BCUT2D eigenvalue weighted by atomic mass is 9.83. The second-order valence-corrected chi connectivity index (χ2v) is 6.10. The van der Waals surface area contributed by atoms with Crippen molar-refractivity contribution in [2.45, 2.75) is 39.0 Å². The molecule has 1 aliphatic rings. The summed E-state index contributed by atoms with van der Waals surface area (Å²) in [5.74, 6) is 2.28. The molecule has 116 valence electrons. The van der Waals surface area contributed by atoms with Crippen LogP contribution in [0.15, 0.2) is 24.3 Å². The lowest BCUT2D eigenvalue weighted by molar-refractivity contribution is -0.121. The molecule has 0 aliphatic heterocycles. The first-order valence-corrected chi connectivity index (χ1v) is 7.88. The summed E-state index contributed by atoms with van der Waals surface area (Å²) in [5, 5.41) is 3.02. The fraction of sp³-hybridized carbons (Fsp3) is 0.588. The number of amides is 1.